The van der Waals surface area contributed by atoms with Crippen LogP contribution < -0.4 is 5.32 Å². The SMILES string of the molecule is Cc1nc(Br)cc(NCC(C)c2ccccc2)n1. The van der Waals surface area contributed by atoms with Gasteiger partial charge >= 0.3 is 0 Å². The van der Waals surface area contributed by atoms with E-state index in [9.17, 15) is 0 Å². The molecule has 1 N–H and O–H groups in total. The summed E-state index contributed by atoms with van der Waals surface area (Å²) < 4.78 is 0.810. The van der Waals surface area contributed by atoms with Gasteiger partial charge in [-0.3, -0.25) is 0 Å². The standard InChI is InChI=1S/C14H16BrN3/c1-10(12-6-4-3-5-7-12)9-16-14-8-13(15)17-11(2)18-14/h3-8,10H,9H2,1-2H3,(H,16,17,18). The topological polar surface area (TPSA) is 37.8 Å². The number of nitrogens with one attached hydrogen (secondary N) is 1. The molecule has 4 heteroatoms. The minimum atomic E-state index is 0.445. The summed E-state index contributed by atoms with van der Waals surface area (Å²) >= 11 is 3.37. The van der Waals surface area contributed by atoms with E-state index in [4.69, 9.17) is 0 Å². The molecule has 0 radical (unpaired) electrons. The van der Waals surface area contributed by atoms with Crippen molar-refractivity contribution in [1.82, 2.24) is 9.97 Å². The van der Waals surface area contributed by atoms with Crippen LogP contribution in [0.1, 0.15) is 24.2 Å². The fourth-order valence-corrected chi connectivity index (χ4v) is 2.25. The molecule has 2 rings (SSSR count). The van der Waals surface area contributed by atoms with Crippen LogP contribution in [0.25, 0.3) is 0 Å². The Morgan fingerprint density at radius 1 is 1.22 bits per heavy atom. The van der Waals surface area contributed by atoms with Gasteiger partial charge in [0.2, 0.25) is 0 Å². The van der Waals surface area contributed by atoms with Gasteiger partial charge in [-0.15, -0.1) is 0 Å². The van der Waals surface area contributed by atoms with Gasteiger partial charge in [-0.1, -0.05) is 37.3 Å². The van der Waals surface area contributed by atoms with Gasteiger partial charge in [0.15, 0.2) is 0 Å². The predicted octanol–water partition coefficient (Wildman–Crippen LogP) is 3.76. The maximum absolute atomic E-state index is 4.35. The monoisotopic (exact) mass is 305 g/mol. The van der Waals surface area contributed by atoms with Crippen LogP contribution in [-0.2, 0) is 0 Å². The molecule has 0 spiro atoms. The minimum absolute atomic E-state index is 0.445. The van der Waals surface area contributed by atoms with Crippen LogP contribution in [0.4, 0.5) is 5.82 Å². The average Bonchev–Trinajstić information content (AvgIpc) is 2.36. The molecule has 1 atom stereocenters. The number of aromatic nitrogens is 2. The molecule has 18 heavy (non-hydrogen) atoms. The van der Waals surface area contributed by atoms with Crippen molar-refractivity contribution in [3.05, 3.63) is 52.4 Å². The van der Waals surface area contributed by atoms with E-state index in [0.717, 1.165) is 22.8 Å². The summed E-state index contributed by atoms with van der Waals surface area (Å²) in [5.41, 5.74) is 1.33. The smallest absolute Gasteiger partial charge is 0.130 e. The van der Waals surface area contributed by atoms with Crippen molar-refractivity contribution in [3.63, 3.8) is 0 Å². The number of rotatable bonds is 4. The number of nitrogens with zero attached hydrogens (tertiary/aromatic N) is 2. The second-order valence-corrected chi connectivity index (χ2v) is 5.13. The molecule has 1 unspecified atom stereocenters. The first-order valence-electron chi connectivity index (χ1n) is 5.95. The molecule has 0 aliphatic rings. The van der Waals surface area contributed by atoms with Gasteiger partial charge < -0.3 is 5.32 Å². The van der Waals surface area contributed by atoms with Gasteiger partial charge in [0.05, 0.1) is 0 Å². The highest BCUT2D eigenvalue weighted by atomic mass is 79.9. The van der Waals surface area contributed by atoms with Crippen LogP contribution >= 0.6 is 15.9 Å². The van der Waals surface area contributed by atoms with E-state index in [1.165, 1.54) is 5.56 Å². The summed E-state index contributed by atoms with van der Waals surface area (Å²) in [7, 11) is 0. The molecule has 0 bridgehead atoms. The molecular formula is C14H16BrN3. The molecule has 2 aromatic rings. The quantitative estimate of drug-likeness (QED) is 0.874. The number of hydrogen-bond acceptors (Lipinski definition) is 3. The van der Waals surface area contributed by atoms with Gasteiger partial charge in [-0.2, -0.15) is 0 Å². The van der Waals surface area contributed by atoms with Crippen LogP contribution in [0.5, 0.6) is 0 Å². The first-order chi connectivity index (χ1) is 8.65. The molecular weight excluding hydrogens is 290 g/mol. The van der Waals surface area contributed by atoms with Crippen LogP contribution in [0.15, 0.2) is 41.0 Å². The van der Waals surface area contributed by atoms with E-state index in [1.807, 2.05) is 19.1 Å². The molecule has 1 heterocycles. The first kappa shape index (κ1) is 13.0. The first-order valence-corrected chi connectivity index (χ1v) is 6.74. The van der Waals surface area contributed by atoms with E-state index in [0.29, 0.717) is 5.92 Å². The van der Waals surface area contributed by atoms with Gasteiger partial charge in [-0.25, -0.2) is 9.97 Å². The van der Waals surface area contributed by atoms with Gasteiger partial charge in [0, 0.05) is 12.6 Å². The highest BCUT2D eigenvalue weighted by Gasteiger charge is 2.05. The van der Waals surface area contributed by atoms with Crippen molar-refractivity contribution < 1.29 is 0 Å². The number of aryl methyl sites for hydroxylation is 1. The molecule has 0 aliphatic heterocycles. The molecule has 0 saturated heterocycles. The van der Waals surface area contributed by atoms with E-state index in [1.54, 1.807) is 0 Å². The Morgan fingerprint density at radius 2 is 1.94 bits per heavy atom. The Labute approximate surface area is 116 Å². The second-order valence-electron chi connectivity index (χ2n) is 4.32. The zero-order chi connectivity index (χ0) is 13.0. The summed E-state index contributed by atoms with van der Waals surface area (Å²) in [6, 6.07) is 12.4. The Hall–Kier alpha value is -1.42. The third-order valence-electron chi connectivity index (χ3n) is 2.76. The lowest BCUT2D eigenvalue weighted by molar-refractivity contribution is 0.799. The molecule has 0 fully saturated rings. The second kappa shape index (κ2) is 5.96. The normalized spacial score (nSPS) is 12.2. The molecule has 0 amide bonds. The Bertz CT molecular complexity index is 493. The summed E-state index contributed by atoms with van der Waals surface area (Å²) in [5.74, 6) is 2.07. The lowest BCUT2D eigenvalue weighted by Crippen LogP contribution is -2.11. The third kappa shape index (κ3) is 3.53. The molecule has 0 aliphatic carbocycles. The van der Waals surface area contributed by atoms with E-state index < -0.39 is 0 Å². The summed E-state index contributed by atoms with van der Waals surface area (Å²) in [4.78, 5) is 8.53. The highest BCUT2D eigenvalue weighted by molar-refractivity contribution is 9.10. The molecule has 1 aromatic heterocycles. The summed E-state index contributed by atoms with van der Waals surface area (Å²) in [6.45, 7) is 4.94. The van der Waals surface area contributed by atoms with Crippen molar-refractivity contribution >= 4 is 21.7 Å². The van der Waals surface area contributed by atoms with E-state index >= 15 is 0 Å². The maximum Gasteiger partial charge on any atom is 0.130 e. The maximum atomic E-state index is 4.35. The highest BCUT2D eigenvalue weighted by Crippen LogP contribution is 2.17. The number of hydrogen-bond donors (Lipinski definition) is 1. The fourth-order valence-electron chi connectivity index (χ4n) is 1.78. The van der Waals surface area contributed by atoms with Crippen LogP contribution in [0.2, 0.25) is 0 Å². The molecule has 3 nitrogen and oxygen atoms in total. The molecule has 0 saturated carbocycles. The fraction of sp³-hybridized carbons (Fsp3) is 0.286. The number of anilines is 1. The average molecular weight is 306 g/mol. The van der Waals surface area contributed by atoms with Gasteiger partial charge in [-0.05, 0) is 34.3 Å². The lowest BCUT2D eigenvalue weighted by atomic mass is 10.0. The van der Waals surface area contributed by atoms with Crippen LogP contribution in [-0.4, -0.2) is 16.5 Å². The molecule has 1 aromatic carbocycles. The largest absolute Gasteiger partial charge is 0.369 e. The Morgan fingerprint density at radius 3 is 2.61 bits per heavy atom. The third-order valence-corrected chi connectivity index (χ3v) is 3.17. The Kier molecular flexibility index (Phi) is 4.31. The van der Waals surface area contributed by atoms with Crippen molar-refractivity contribution in [2.75, 3.05) is 11.9 Å². The van der Waals surface area contributed by atoms with Crippen molar-refractivity contribution in [3.8, 4) is 0 Å². The Balaban J connectivity index is 1.99. The number of benzene rings is 1. The molecule has 94 valence electrons. The van der Waals surface area contributed by atoms with Crippen molar-refractivity contribution in [1.29, 1.82) is 0 Å². The van der Waals surface area contributed by atoms with Gasteiger partial charge in [0.25, 0.3) is 0 Å². The van der Waals surface area contributed by atoms with E-state index in [2.05, 4.69) is 62.4 Å². The summed E-state index contributed by atoms with van der Waals surface area (Å²) in [6.07, 6.45) is 0. The van der Waals surface area contributed by atoms with Crippen molar-refractivity contribution in [2.45, 2.75) is 19.8 Å². The van der Waals surface area contributed by atoms with E-state index in [-0.39, 0.29) is 0 Å². The van der Waals surface area contributed by atoms with Crippen molar-refractivity contribution in [2.24, 2.45) is 0 Å². The minimum Gasteiger partial charge on any atom is -0.369 e. The lowest BCUT2D eigenvalue weighted by Gasteiger charge is -2.13. The van der Waals surface area contributed by atoms with Crippen LogP contribution in [0.3, 0.4) is 0 Å². The predicted molar refractivity (Wildman–Crippen MR) is 77.8 cm³/mol. The van der Waals surface area contributed by atoms with Crippen LogP contribution in [0, 0.1) is 6.92 Å². The zero-order valence-electron chi connectivity index (χ0n) is 10.5. The number of halogens is 1. The summed E-state index contributed by atoms with van der Waals surface area (Å²) in [5, 5.41) is 3.34. The van der Waals surface area contributed by atoms with Gasteiger partial charge in [0.1, 0.15) is 16.2 Å². The zero-order valence-corrected chi connectivity index (χ0v) is 12.1.